The lowest BCUT2D eigenvalue weighted by Crippen LogP contribution is -2.47. The first-order chi connectivity index (χ1) is 9.81. The fourth-order valence-electron chi connectivity index (χ4n) is 3.12. The molecule has 2 fully saturated rings. The Bertz CT molecular complexity index is 423. The molecule has 0 amide bonds. The van der Waals surface area contributed by atoms with E-state index in [1.807, 2.05) is 12.3 Å². The van der Waals surface area contributed by atoms with Crippen LogP contribution in [0.1, 0.15) is 17.7 Å². The van der Waals surface area contributed by atoms with Crippen molar-refractivity contribution in [2.45, 2.75) is 19.9 Å². The molecule has 20 heavy (non-hydrogen) atoms. The molecule has 2 aliphatic rings. The van der Waals surface area contributed by atoms with Gasteiger partial charge in [-0.3, -0.25) is 9.88 Å². The Balaban J connectivity index is 1.45. The molecule has 4 heteroatoms. The summed E-state index contributed by atoms with van der Waals surface area (Å²) in [4.78, 5) is 9.63. The van der Waals surface area contributed by atoms with Gasteiger partial charge in [-0.05, 0) is 30.9 Å². The Kier molecular flexibility index (Phi) is 4.65. The highest BCUT2D eigenvalue weighted by Crippen LogP contribution is 2.16. The van der Waals surface area contributed by atoms with E-state index in [-0.39, 0.29) is 0 Å². The zero-order valence-corrected chi connectivity index (χ0v) is 12.4. The van der Waals surface area contributed by atoms with Gasteiger partial charge >= 0.3 is 0 Å². The third-order valence-corrected chi connectivity index (χ3v) is 4.50. The first-order valence-electron chi connectivity index (χ1n) is 7.74. The van der Waals surface area contributed by atoms with Crippen LogP contribution in [0, 0.1) is 12.8 Å². The molecule has 2 aliphatic heterocycles. The number of aromatic nitrogens is 1. The van der Waals surface area contributed by atoms with Crippen LogP contribution in [-0.2, 0) is 11.3 Å². The Morgan fingerprint density at radius 1 is 1.25 bits per heavy atom. The van der Waals surface area contributed by atoms with Crippen molar-refractivity contribution in [1.82, 2.24) is 14.8 Å². The maximum Gasteiger partial charge on any atom is 0.0573 e. The van der Waals surface area contributed by atoms with Crippen molar-refractivity contribution < 1.29 is 4.74 Å². The second-order valence-corrected chi connectivity index (χ2v) is 6.07. The fraction of sp³-hybridized carbons (Fsp3) is 0.688. The molecule has 0 unspecified atom stereocenters. The highest BCUT2D eigenvalue weighted by molar-refractivity contribution is 5.17. The van der Waals surface area contributed by atoms with Gasteiger partial charge in [-0.15, -0.1) is 0 Å². The van der Waals surface area contributed by atoms with Gasteiger partial charge in [0.05, 0.1) is 12.3 Å². The number of nitrogens with zero attached hydrogens (tertiary/aromatic N) is 3. The van der Waals surface area contributed by atoms with Gasteiger partial charge in [0, 0.05) is 52.1 Å². The van der Waals surface area contributed by atoms with Crippen LogP contribution < -0.4 is 0 Å². The lowest BCUT2D eigenvalue weighted by molar-refractivity contribution is 0.106. The number of hydrogen-bond donors (Lipinski definition) is 0. The zero-order chi connectivity index (χ0) is 13.8. The summed E-state index contributed by atoms with van der Waals surface area (Å²) in [6.07, 6.45) is 3.14. The molecule has 0 saturated carbocycles. The van der Waals surface area contributed by atoms with E-state index in [4.69, 9.17) is 4.74 Å². The van der Waals surface area contributed by atoms with E-state index in [2.05, 4.69) is 27.8 Å². The summed E-state index contributed by atoms with van der Waals surface area (Å²) in [6.45, 7) is 11.0. The Morgan fingerprint density at radius 2 is 2.05 bits per heavy atom. The highest BCUT2D eigenvalue weighted by atomic mass is 16.5. The number of hydrogen-bond acceptors (Lipinski definition) is 4. The van der Waals surface area contributed by atoms with Crippen LogP contribution in [-0.4, -0.2) is 60.7 Å². The van der Waals surface area contributed by atoms with E-state index in [9.17, 15) is 0 Å². The topological polar surface area (TPSA) is 28.6 Å². The van der Waals surface area contributed by atoms with Crippen LogP contribution in [0.2, 0.25) is 0 Å². The van der Waals surface area contributed by atoms with E-state index in [0.717, 1.165) is 38.8 Å². The van der Waals surface area contributed by atoms with Crippen LogP contribution in [0.25, 0.3) is 0 Å². The number of pyridine rings is 1. The van der Waals surface area contributed by atoms with Crippen LogP contribution in [0.4, 0.5) is 0 Å². The molecule has 3 rings (SSSR count). The lowest BCUT2D eigenvalue weighted by Gasteiger charge is -2.35. The molecule has 0 radical (unpaired) electrons. The van der Waals surface area contributed by atoms with Crippen LogP contribution in [0.5, 0.6) is 0 Å². The van der Waals surface area contributed by atoms with E-state index in [1.165, 1.54) is 37.3 Å². The molecule has 1 atom stereocenters. The van der Waals surface area contributed by atoms with Crippen molar-refractivity contribution in [3.8, 4) is 0 Å². The molecule has 0 aliphatic carbocycles. The number of piperazine rings is 1. The minimum absolute atomic E-state index is 0.764. The van der Waals surface area contributed by atoms with Crippen molar-refractivity contribution in [3.05, 3.63) is 29.6 Å². The Morgan fingerprint density at radius 3 is 2.75 bits per heavy atom. The van der Waals surface area contributed by atoms with Crippen molar-refractivity contribution in [1.29, 1.82) is 0 Å². The first-order valence-corrected chi connectivity index (χ1v) is 7.74. The average molecular weight is 275 g/mol. The minimum atomic E-state index is 0.764. The molecule has 1 aromatic heterocycles. The molecule has 2 saturated heterocycles. The normalized spacial score (nSPS) is 25.1. The molecular weight excluding hydrogens is 250 g/mol. The third-order valence-electron chi connectivity index (χ3n) is 4.50. The van der Waals surface area contributed by atoms with Crippen LogP contribution >= 0.6 is 0 Å². The first kappa shape index (κ1) is 14.0. The summed E-state index contributed by atoms with van der Waals surface area (Å²) < 4.78 is 5.47. The van der Waals surface area contributed by atoms with E-state index < -0.39 is 0 Å². The summed E-state index contributed by atoms with van der Waals surface area (Å²) >= 11 is 0. The predicted octanol–water partition coefficient (Wildman–Crippen LogP) is 1.54. The third kappa shape index (κ3) is 3.57. The molecule has 0 bridgehead atoms. The summed E-state index contributed by atoms with van der Waals surface area (Å²) in [6, 6.07) is 4.17. The van der Waals surface area contributed by atoms with Gasteiger partial charge in [0.25, 0.3) is 0 Å². The fourth-order valence-corrected chi connectivity index (χ4v) is 3.12. The lowest BCUT2D eigenvalue weighted by atomic mass is 10.1. The van der Waals surface area contributed by atoms with Gasteiger partial charge < -0.3 is 9.64 Å². The van der Waals surface area contributed by atoms with E-state index >= 15 is 0 Å². The number of aryl methyl sites for hydroxylation is 1. The quantitative estimate of drug-likeness (QED) is 0.833. The van der Waals surface area contributed by atoms with Crippen molar-refractivity contribution in [2.24, 2.45) is 5.92 Å². The molecule has 4 nitrogen and oxygen atoms in total. The largest absolute Gasteiger partial charge is 0.381 e. The molecule has 1 aromatic rings. The minimum Gasteiger partial charge on any atom is -0.381 e. The molecule has 0 N–H and O–H groups in total. The van der Waals surface area contributed by atoms with Crippen LogP contribution in [0.3, 0.4) is 0 Å². The standard InChI is InChI=1S/C16H25N3O/c1-14-3-2-5-17-16(14)12-19-8-6-18(7-9-19)11-15-4-10-20-13-15/h2-3,5,15H,4,6-13H2,1H3/t15-/m1/s1. The monoisotopic (exact) mass is 275 g/mol. The van der Waals surface area contributed by atoms with Gasteiger partial charge in [-0.1, -0.05) is 6.07 Å². The van der Waals surface area contributed by atoms with E-state index in [1.54, 1.807) is 0 Å². The zero-order valence-electron chi connectivity index (χ0n) is 12.4. The van der Waals surface area contributed by atoms with Crippen LogP contribution in [0.15, 0.2) is 18.3 Å². The average Bonchev–Trinajstić information content (AvgIpc) is 2.96. The second kappa shape index (κ2) is 6.66. The molecule has 0 aromatic carbocycles. The van der Waals surface area contributed by atoms with Crippen molar-refractivity contribution in [3.63, 3.8) is 0 Å². The van der Waals surface area contributed by atoms with E-state index in [0.29, 0.717) is 0 Å². The SMILES string of the molecule is Cc1cccnc1CN1CCN(C[C@H]2CCOC2)CC1. The van der Waals surface area contributed by atoms with Gasteiger partial charge in [-0.25, -0.2) is 0 Å². The summed E-state index contributed by atoms with van der Waals surface area (Å²) in [5, 5.41) is 0. The van der Waals surface area contributed by atoms with Gasteiger partial charge in [0.15, 0.2) is 0 Å². The van der Waals surface area contributed by atoms with Crippen molar-refractivity contribution >= 4 is 0 Å². The summed E-state index contributed by atoms with van der Waals surface area (Å²) in [5.41, 5.74) is 2.53. The maximum absolute atomic E-state index is 5.47. The Hall–Kier alpha value is -0.970. The van der Waals surface area contributed by atoms with Gasteiger partial charge in [0.1, 0.15) is 0 Å². The molecule has 110 valence electrons. The summed E-state index contributed by atoms with van der Waals surface area (Å²) in [5.74, 6) is 0.764. The molecule has 0 spiro atoms. The maximum atomic E-state index is 5.47. The second-order valence-electron chi connectivity index (χ2n) is 6.07. The predicted molar refractivity (Wildman–Crippen MR) is 79.6 cm³/mol. The van der Waals surface area contributed by atoms with Crippen molar-refractivity contribution in [2.75, 3.05) is 45.9 Å². The molecular formula is C16H25N3O. The number of ether oxygens (including phenoxy) is 1. The van der Waals surface area contributed by atoms with Gasteiger partial charge in [0.2, 0.25) is 0 Å². The Labute approximate surface area is 121 Å². The highest BCUT2D eigenvalue weighted by Gasteiger charge is 2.22. The molecule has 3 heterocycles. The summed E-state index contributed by atoms with van der Waals surface area (Å²) in [7, 11) is 0. The number of rotatable bonds is 4. The van der Waals surface area contributed by atoms with Gasteiger partial charge in [-0.2, -0.15) is 0 Å². The smallest absolute Gasteiger partial charge is 0.0573 e.